The van der Waals surface area contributed by atoms with Crippen LogP contribution in [0, 0.1) is 45.9 Å². The molecule has 0 unspecified atom stereocenters. The number of pyridine rings is 4. The molecule has 0 atom stereocenters. The molecular formula is C66H70Ir2N4O5S-4. The Bertz CT molecular complexity index is 3110. The van der Waals surface area contributed by atoms with Gasteiger partial charge in [-0.1, -0.05) is 121 Å². The van der Waals surface area contributed by atoms with Crippen LogP contribution in [0.25, 0.3) is 67.3 Å². The molecule has 0 aliphatic carbocycles. The van der Waals surface area contributed by atoms with E-state index < -0.39 is 14.9 Å². The van der Waals surface area contributed by atoms with E-state index in [0.29, 0.717) is 0 Å². The Morgan fingerprint density at radius 1 is 0.410 bits per heavy atom. The maximum atomic E-state index is 10.1. The van der Waals surface area contributed by atoms with Gasteiger partial charge >= 0.3 is 0 Å². The average molecular weight is 1420 g/mol. The first-order valence-corrected chi connectivity index (χ1v) is 25.8. The van der Waals surface area contributed by atoms with Gasteiger partial charge in [0.25, 0.3) is 0 Å². The monoisotopic (exact) mass is 1420 g/mol. The molecule has 12 heteroatoms. The molecule has 10 rings (SSSR count). The summed E-state index contributed by atoms with van der Waals surface area (Å²) >= 11 is 0. The van der Waals surface area contributed by atoms with E-state index in [9.17, 15) is 13.0 Å². The van der Waals surface area contributed by atoms with Crippen LogP contribution in [0.4, 0.5) is 0 Å². The van der Waals surface area contributed by atoms with Crippen LogP contribution < -0.4 is 0 Å². The third-order valence-corrected chi connectivity index (χ3v) is 12.5. The first-order valence-electron chi connectivity index (χ1n) is 24.4. The van der Waals surface area contributed by atoms with Crippen LogP contribution in [-0.4, -0.2) is 62.1 Å². The molecular weight excluding hydrogens is 1350 g/mol. The Morgan fingerprint density at radius 2 is 0.705 bits per heavy atom. The van der Waals surface area contributed by atoms with Gasteiger partial charge in [-0.15, -0.1) is 108 Å². The van der Waals surface area contributed by atoms with Gasteiger partial charge in [-0.25, -0.2) is 8.42 Å². The molecule has 9 nitrogen and oxygen atoms in total. The number of aromatic nitrogens is 4. The molecule has 0 bridgehead atoms. The van der Waals surface area contributed by atoms with E-state index in [1.165, 1.54) is 70.8 Å². The van der Waals surface area contributed by atoms with Gasteiger partial charge in [0.2, 0.25) is 0 Å². The predicted molar refractivity (Wildman–Crippen MR) is 315 cm³/mol. The third-order valence-electron chi connectivity index (χ3n) is 11.0. The van der Waals surface area contributed by atoms with Crippen molar-refractivity contribution in [3.63, 3.8) is 0 Å². The van der Waals surface area contributed by atoms with Crippen molar-refractivity contribution in [3.05, 3.63) is 265 Å². The molecule has 2 radical (unpaired) electrons. The van der Waals surface area contributed by atoms with Gasteiger partial charge in [-0.3, -0.25) is 4.98 Å². The van der Waals surface area contributed by atoms with Gasteiger partial charge in [0.15, 0.2) is 0 Å². The summed E-state index contributed by atoms with van der Waals surface area (Å²) in [6.45, 7) is 12.4. The molecule has 2 N–H and O–H groups in total. The Morgan fingerprint density at radius 3 is 0.987 bits per heavy atom. The first kappa shape index (κ1) is 67.2. The van der Waals surface area contributed by atoms with Gasteiger partial charge in [-0.2, -0.15) is 0 Å². The van der Waals surface area contributed by atoms with E-state index in [0.717, 1.165) is 53.7 Å². The van der Waals surface area contributed by atoms with Crippen molar-refractivity contribution in [1.82, 2.24) is 19.9 Å². The van der Waals surface area contributed by atoms with Crippen LogP contribution in [0.15, 0.2) is 225 Å². The fourth-order valence-corrected chi connectivity index (χ4v) is 6.78. The fraction of sp³-hybridized carbons (Fsp3) is 0.152. The van der Waals surface area contributed by atoms with Crippen LogP contribution in [0.1, 0.15) is 45.9 Å². The molecule has 0 spiro atoms. The van der Waals surface area contributed by atoms with E-state index in [-0.39, 0.29) is 43.1 Å². The first-order chi connectivity index (χ1) is 36.7. The molecule has 0 amide bonds. The largest absolute Gasteiger partial charge is 0.748 e. The van der Waals surface area contributed by atoms with Crippen LogP contribution in [0.2, 0.25) is 0 Å². The molecule has 412 valence electrons. The number of hydrogen-bond acceptors (Lipinski definition) is 9. The summed E-state index contributed by atoms with van der Waals surface area (Å²) in [5, 5.41) is 14.0. The van der Waals surface area contributed by atoms with Crippen LogP contribution >= 0.6 is 0 Å². The number of aliphatic hydroxyl groups is 2. The van der Waals surface area contributed by atoms with E-state index >= 15 is 0 Å². The summed E-state index contributed by atoms with van der Waals surface area (Å²) in [6.07, 6.45) is 7.65. The number of aliphatic hydroxyl groups excluding tert-OH is 2. The molecule has 0 aliphatic heterocycles. The minimum Gasteiger partial charge on any atom is -0.748 e. The number of nitrogens with zero attached hydrogens (tertiary/aromatic N) is 4. The van der Waals surface area contributed by atoms with Gasteiger partial charge < -0.3 is 29.7 Å². The zero-order chi connectivity index (χ0) is 55.4. The Labute approximate surface area is 493 Å². The predicted octanol–water partition coefficient (Wildman–Crippen LogP) is 15.0. The maximum Gasteiger partial charge on any atom is 0.0996 e. The third kappa shape index (κ3) is 22.2. The standard InChI is InChI=1S/2C18H14N.C12H11N.C12H10N.C4H10O3S.2CH4O.2Ir.2H2/c2*1-14-12-18(16-10-6-3-7-11-16)19-13-17(14)15-8-4-2-5-9-15;2*1-10-7-8-12(13-9-10)11-5-3-2-4-6-11;1-4(2,3)8(5,6)7;2*1-2;;;;/h2*2-10,12-13H,1H3;2-9H,1H3;2-5,7-9H,1H3;1-3H3,(H,5,6,7);2*2H,1H3;;;2*1H/q2*-1;;-1;;;;;;;/p-1. The molecule has 4 heterocycles. The minimum atomic E-state index is -4.09. The summed E-state index contributed by atoms with van der Waals surface area (Å²) in [5.41, 5.74) is 17.8. The van der Waals surface area contributed by atoms with E-state index in [4.69, 9.17) is 10.2 Å². The topological polar surface area (TPSA) is 149 Å². The fourth-order valence-electron chi connectivity index (χ4n) is 6.78. The molecule has 0 fully saturated rings. The molecule has 4 aromatic heterocycles. The normalized spacial score (nSPS) is 9.95. The van der Waals surface area contributed by atoms with Crippen LogP contribution in [0.5, 0.6) is 0 Å². The van der Waals surface area contributed by atoms with E-state index in [1.807, 2.05) is 178 Å². The van der Waals surface area contributed by atoms with Gasteiger partial charge in [-0.05, 0) is 105 Å². The Hall–Kier alpha value is -6.95. The quantitative estimate of drug-likeness (QED) is 0.123. The number of benzene rings is 6. The molecule has 10 aromatic rings. The van der Waals surface area contributed by atoms with Crippen molar-refractivity contribution in [2.24, 2.45) is 0 Å². The second-order valence-electron chi connectivity index (χ2n) is 17.7. The Kier molecular flexibility index (Phi) is 30.5. The smallest absolute Gasteiger partial charge is 0.0996 e. The molecule has 0 aliphatic rings. The van der Waals surface area contributed by atoms with Gasteiger partial charge in [0.05, 0.1) is 20.6 Å². The molecule has 78 heavy (non-hydrogen) atoms. The SMILES string of the molecule is CC(C)(C)S(=O)(=O)[O-].CO.CO.Cc1cc(-c2[c-]cccc2)ncc1-c1ccccc1.Cc1cc(-c2[c-]cccc2)ncc1-c1ccccc1.Cc1ccc(-c2[c-]cccc2)nc1.Cc1ccc(-c2ccccc2)nc1.[HH].[HH].[Ir].[Ir]. The molecule has 6 aromatic carbocycles. The zero-order valence-electron chi connectivity index (χ0n) is 45.3. The maximum absolute atomic E-state index is 10.1. The second-order valence-corrected chi connectivity index (χ2v) is 19.8. The molecule has 0 saturated heterocycles. The minimum absolute atomic E-state index is 0. The van der Waals surface area contributed by atoms with E-state index in [1.54, 1.807) is 0 Å². The van der Waals surface area contributed by atoms with Crippen LogP contribution in [-0.2, 0) is 50.3 Å². The van der Waals surface area contributed by atoms with Gasteiger partial charge in [0.1, 0.15) is 0 Å². The van der Waals surface area contributed by atoms with Crippen molar-refractivity contribution in [3.8, 4) is 67.3 Å². The number of aryl methyl sites for hydroxylation is 4. The molecule has 0 saturated carbocycles. The van der Waals surface area contributed by atoms with Crippen molar-refractivity contribution in [2.75, 3.05) is 14.2 Å². The van der Waals surface area contributed by atoms with E-state index in [2.05, 4.69) is 113 Å². The summed E-state index contributed by atoms with van der Waals surface area (Å²) in [7, 11) is -2.09. The van der Waals surface area contributed by atoms with Crippen molar-refractivity contribution in [1.29, 1.82) is 0 Å². The zero-order valence-corrected chi connectivity index (χ0v) is 51.0. The van der Waals surface area contributed by atoms with Crippen LogP contribution in [0.3, 0.4) is 0 Å². The Balaban J connectivity index is 0.000000971. The summed E-state index contributed by atoms with van der Waals surface area (Å²) in [5.74, 6) is 0. The number of rotatable bonds is 6. The van der Waals surface area contributed by atoms with Gasteiger partial charge in [0, 0.05) is 98.8 Å². The summed E-state index contributed by atoms with van der Waals surface area (Å²) in [6, 6.07) is 76.6. The summed E-state index contributed by atoms with van der Waals surface area (Å²) in [4.78, 5) is 17.8. The number of hydrogen-bond donors (Lipinski definition) is 2. The second kappa shape index (κ2) is 35.5. The van der Waals surface area contributed by atoms with Crippen molar-refractivity contribution < 1.29 is 66.2 Å². The summed E-state index contributed by atoms with van der Waals surface area (Å²) < 4.78 is 29.1. The van der Waals surface area contributed by atoms with Crippen molar-refractivity contribution in [2.45, 2.75) is 53.2 Å². The van der Waals surface area contributed by atoms with Crippen molar-refractivity contribution >= 4 is 10.1 Å². The average Bonchev–Trinajstić information content (AvgIpc) is 3.46.